The number of halogens is 1. The summed E-state index contributed by atoms with van der Waals surface area (Å²) in [7, 11) is 0. The number of rotatable bonds is 3. The Hall–Kier alpha value is -1.75. The van der Waals surface area contributed by atoms with Gasteiger partial charge in [0.25, 0.3) is 0 Å². The summed E-state index contributed by atoms with van der Waals surface area (Å²) >= 11 is 6.04. The molecule has 124 valence electrons. The molecule has 1 aliphatic rings. The van der Waals surface area contributed by atoms with Gasteiger partial charge in [0.2, 0.25) is 5.91 Å². The van der Waals surface area contributed by atoms with Gasteiger partial charge < -0.3 is 9.32 Å². The van der Waals surface area contributed by atoms with E-state index in [9.17, 15) is 9.59 Å². The number of fused-ring (bicyclic) bond motifs is 1. The lowest BCUT2D eigenvalue weighted by molar-refractivity contribution is -0.133. The highest BCUT2D eigenvalue weighted by Gasteiger charge is 2.26. The smallest absolute Gasteiger partial charge is 0.408 e. The number of hydrogen-bond donors (Lipinski definition) is 0. The highest BCUT2D eigenvalue weighted by atomic mass is 35.5. The number of amides is 1. The van der Waals surface area contributed by atoms with Gasteiger partial charge in [0.05, 0.1) is 5.52 Å². The molecule has 0 saturated carbocycles. The average molecular weight is 337 g/mol. The maximum Gasteiger partial charge on any atom is 0.420 e. The van der Waals surface area contributed by atoms with E-state index in [1.165, 1.54) is 0 Å². The predicted octanol–water partition coefficient (Wildman–Crippen LogP) is 3.46. The van der Waals surface area contributed by atoms with Crippen LogP contribution in [0.25, 0.3) is 11.1 Å². The van der Waals surface area contributed by atoms with Gasteiger partial charge in [-0.2, -0.15) is 0 Å². The fraction of sp³-hybridized carbons (Fsp3) is 0.529. The molecule has 0 N–H and O–H groups in total. The van der Waals surface area contributed by atoms with Crippen LogP contribution in [0.15, 0.2) is 27.4 Å². The Bertz CT molecular complexity index is 770. The van der Waals surface area contributed by atoms with Gasteiger partial charge >= 0.3 is 5.76 Å². The number of oxazole rings is 1. The molecule has 0 atom stereocenters. The molecule has 1 fully saturated rings. The standard InChI is InChI=1S/C17H21ClN2O3/c1-11(2)9-16(21)19-7-5-13(6-8-19)20-14-10-12(18)3-4-15(14)23-17(20)22/h3-4,10-11,13H,5-9H2,1-2H3. The van der Waals surface area contributed by atoms with Crippen molar-refractivity contribution in [2.45, 2.75) is 39.2 Å². The van der Waals surface area contributed by atoms with Gasteiger partial charge in [-0.3, -0.25) is 9.36 Å². The molecule has 1 aromatic heterocycles. The van der Waals surface area contributed by atoms with E-state index in [1.807, 2.05) is 18.7 Å². The summed E-state index contributed by atoms with van der Waals surface area (Å²) < 4.78 is 6.99. The van der Waals surface area contributed by atoms with Crippen molar-refractivity contribution < 1.29 is 9.21 Å². The average Bonchev–Trinajstić information content (AvgIpc) is 2.82. The van der Waals surface area contributed by atoms with E-state index >= 15 is 0 Å². The molecule has 2 heterocycles. The van der Waals surface area contributed by atoms with Crippen LogP contribution < -0.4 is 5.76 Å². The molecular weight excluding hydrogens is 316 g/mol. The van der Waals surface area contributed by atoms with Crippen LogP contribution >= 0.6 is 11.6 Å². The first-order valence-corrected chi connectivity index (χ1v) is 8.42. The molecule has 1 amide bonds. The van der Waals surface area contributed by atoms with E-state index in [-0.39, 0.29) is 17.7 Å². The molecular formula is C17H21ClN2O3. The molecule has 0 radical (unpaired) electrons. The van der Waals surface area contributed by atoms with Gasteiger partial charge in [0, 0.05) is 30.6 Å². The van der Waals surface area contributed by atoms with Crippen molar-refractivity contribution in [3.8, 4) is 0 Å². The second-order valence-electron chi connectivity index (χ2n) is 6.56. The zero-order chi connectivity index (χ0) is 16.6. The number of piperidine rings is 1. The Morgan fingerprint density at radius 3 is 2.70 bits per heavy atom. The first kappa shape index (κ1) is 16.1. The molecule has 0 aliphatic carbocycles. The fourth-order valence-electron chi connectivity index (χ4n) is 3.20. The van der Waals surface area contributed by atoms with E-state index in [4.69, 9.17) is 16.0 Å². The Labute approximate surface area is 139 Å². The maximum absolute atomic E-state index is 12.2. The van der Waals surface area contributed by atoms with Crippen molar-refractivity contribution in [3.63, 3.8) is 0 Å². The summed E-state index contributed by atoms with van der Waals surface area (Å²) in [6, 6.07) is 5.24. The minimum atomic E-state index is -0.353. The number of nitrogens with zero attached hydrogens (tertiary/aromatic N) is 2. The zero-order valence-corrected chi connectivity index (χ0v) is 14.2. The third kappa shape index (κ3) is 3.29. The number of benzene rings is 1. The number of carbonyl (C=O) groups excluding carboxylic acids is 1. The second kappa shape index (κ2) is 6.40. The summed E-state index contributed by atoms with van der Waals surface area (Å²) in [5.41, 5.74) is 1.28. The van der Waals surface area contributed by atoms with Crippen LogP contribution in [-0.2, 0) is 4.79 Å². The summed E-state index contributed by atoms with van der Waals surface area (Å²) in [4.78, 5) is 26.2. The molecule has 1 saturated heterocycles. The maximum atomic E-state index is 12.2. The van der Waals surface area contributed by atoms with E-state index in [2.05, 4.69) is 0 Å². The van der Waals surface area contributed by atoms with Gasteiger partial charge in [-0.05, 0) is 37.0 Å². The quantitative estimate of drug-likeness (QED) is 0.862. The minimum absolute atomic E-state index is 0.0466. The summed E-state index contributed by atoms with van der Waals surface area (Å²) in [6.07, 6.45) is 2.09. The van der Waals surface area contributed by atoms with Crippen LogP contribution in [0.1, 0.15) is 39.2 Å². The Morgan fingerprint density at radius 2 is 2.04 bits per heavy atom. The number of carbonyl (C=O) groups is 1. The number of hydrogen-bond acceptors (Lipinski definition) is 3. The third-order valence-electron chi connectivity index (χ3n) is 4.34. The predicted molar refractivity (Wildman–Crippen MR) is 89.8 cm³/mol. The largest absolute Gasteiger partial charge is 0.420 e. The summed E-state index contributed by atoms with van der Waals surface area (Å²) in [6.45, 7) is 5.45. The van der Waals surface area contributed by atoms with Gasteiger partial charge in [0.15, 0.2) is 5.58 Å². The van der Waals surface area contributed by atoms with Gasteiger partial charge in [0.1, 0.15) is 0 Å². The first-order valence-electron chi connectivity index (χ1n) is 8.04. The Kier molecular flexibility index (Phi) is 4.48. The van der Waals surface area contributed by atoms with Gasteiger partial charge in [-0.15, -0.1) is 0 Å². The van der Waals surface area contributed by atoms with Crippen LogP contribution in [0.3, 0.4) is 0 Å². The van der Waals surface area contributed by atoms with Crippen molar-refractivity contribution in [1.29, 1.82) is 0 Å². The van der Waals surface area contributed by atoms with Crippen molar-refractivity contribution in [2.75, 3.05) is 13.1 Å². The van der Waals surface area contributed by atoms with E-state index in [0.29, 0.717) is 36.0 Å². The highest BCUT2D eigenvalue weighted by Crippen LogP contribution is 2.27. The van der Waals surface area contributed by atoms with Crippen LogP contribution in [0, 0.1) is 5.92 Å². The zero-order valence-electron chi connectivity index (χ0n) is 13.4. The molecule has 0 spiro atoms. The molecule has 2 aromatic rings. The SMILES string of the molecule is CC(C)CC(=O)N1CCC(n2c(=O)oc3ccc(Cl)cc32)CC1. The lowest BCUT2D eigenvalue weighted by atomic mass is 10.0. The van der Waals surface area contributed by atoms with Crippen molar-refractivity contribution in [2.24, 2.45) is 5.92 Å². The molecule has 5 nitrogen and oxygen atoms in total. The van der Waals surface area contributed by atoms with Crippen LogP contribution in [0.2, 0.25) is 5.02 Å². The fourth-order valence-corrected chi connectivity index (χ4v) is 3.37. The molecule has 1 aromatic carbocycles. The molecule has 1 aliphatic heterocycles. The lowest BCUT2D eigenvalue weighted by Gasteiger charge is -2.32. The Morgan fingerprint density at radius 1 is 1.35 bits per heavy atom. The third-order valence-corrected chi connectivity index (χ3v) is 4.57. The van der Waals surface area contributed by atoms with E-state index in [1.54, 1.807) is 22.8 Å². The van der Waals surface area contributed by atoms with Gasteiger partial charge in [-0.1, -0.05) is 25.4 Å². The first-order chi connectivity index (χ1) is 11.0. The lowest BCUT2D eigenvalue weighted by Crippen LogP contribution is -2.40. The Balaban J connectivity index is 1.78. The van der Waals surface area contributed by atoms with Gasteiger partial charge in [-0.25, -0.2) is 4.79 Å². The normalized spacial score (nSPS) is 16.4. The molecule has 23 heavy (non-hydrogen) atoms. The van der Waals surface area contributed by atoms with Crippen molar-refractivity contribution in [3.05, 3.63) is 33.8 Å². The second-order valence-corrected chi connectivity index (χ2v) is 7.00. The van der Waals surface area contributed by atoms with Crippen LogP contribution in [-0.4, -0.2) is 28.5 Å². The van der Waals surface area contributed by atoms with Crippen LogP contribution in [0.5, 0.6) is 0 Å². The highest BCUT2D eigenvalue weighted by molar-refractivity contribution is 6.31. The number of aromatic nitrogens is 1. The molecule has 0 bridgehead atoms. The van der Waals surface area contributed by atoms with Crippen molar-refractivity contribution in [1.82, 2.24) is 9.47 Å². The van der Waals surface area contributed by atoms with Crippen molar-refractivity contribution >= 4 is 28.6 Å². The molecule has 6 heteroatoms. The molecule has 0 unspecified atom stereocenters. The molecule has 3 rings (SSSR count). The summed E-state index contributed by atoms with van der Waals surface area (Å²) in [5, 5.41) is 0.580. The number of likely N-dealkylation sites (tertiary alicyclic amines) is 1. The summed E-state index contributed by atoms with van der Waals surface area (Å²) in [5.74, 6) is 0.211. The monoisotopic (exact) mass is 336 g/mol. The van der Waals surface area contributed by atoms with E-state index < -0.39 is 0 Å². The van der Waals surface area contributed by atoms with E-state index in [0.717, 1.165) is 18.4 Å². The topological polar surface area (TPSA) is 55.5 Å². The minimum Gasteiger partial charge on any atom is -0.408 e. The van der Waals surface area contributed by atoms with Crippen LogP contribution in [0.4, 0.5) is 0 Å².